The van der Waals surface area contributed by atoms with Crippen molar-refractivity contribution < 1.29 is 8.78 Å². The summed E-state index contributed by atoms with van der Waals surface area (Å²) in [7, 11) is 0. The van der Waals surface area contributed by atoms with E-state index < -0.39 is 11.6 Å². The van der Waals surface area contributed by atoms with Crippen LogP contribution in [0.4, 0.5) is 8.78 Å². The monoisotopic (exact) mass is 242 g/mol. The van der Waals surface area contributed by atoms with E-state index in [1.807, 2.05) is 0 Å². The van der Waals surface area contributed by atoms with Gasteiger partial charge in [0, 0.05) is 36.8 Å². The van der Waals surface area contributed by atoms with Crippen LogP contribution < -0.4 is 10.6 Å². The lowest BCUT2D eigenvalue weighted by Crippen LogP contribution is -2.40. The second-order valence-corrected chi connectivity index (χ2v) is 5.09. The van der Waals surface area contributed by atoms with E-state index in [0.717, 1.165) is 19.2 Å². The van der Waals surface area contributed by atoms with Crippen molar-refractivity contribution in [3.05, 3.63) is 35.4 Å². The average molecular weight is 242 g/mol. The van der Waals surface area contributed by atoms with Crippen LogP contribution in [-0.2, 0) is 6.54 Å². The summed E-state index contributed by atoms with van der Waals surface area (Å²) in [6.45, 7) is 8.24. The van der Waals surface area contributed by atoms with E-state index in [2.05, 4.69) is 31.4 Å². The van der Waals surface area contributed by atoms with Crippen LogP contribution in [0, 0.1) is 11.6 Å². The van der Waals surface area contributed by atoms with E-state index >= 15 is 0 Å². The molecule has 0 bridgehead atoms. The van der Waals surface area contributed by atoms with Crippen molar-refractivity contribution in [1.29, 1.82) is 0 Å². The van der Waals surface area contributed by atoms with Crippen molar-refractivity contribution in [2.75, 3.05) is 13.1 Å². The van der Waals surface area contributed by atoms with Crippen LogP contribution in [0.15, 0.2) is 18.2 Å². The zero-order chi connectivity index (χ0) is 12.9. The maximum absolute atomic E-state index is 13.3. The zero-order valence-corrected chi connectivity index (χ0v) is 10.6. The first kappa shape index (κ1) is 14.1. The molecule has 0 radical (unpaired) electrons. The highest BCUT2D eigenvalue weighted by Crippen LogP contribution is 2.08. The first-order valence-electron chi connectivity index (χ1n) is 5.78. The molecule has 1 aromatic carbocycles. The molecule has 0 saturated heterocycles. The van der Waals surface area contributed by atoms with Gasteiger partial charge in [-0.25, -0.2) is 8.78 Å². The third kappa shape index (κ3) is 5.75. The third-order valence-electron chi connectivity index (χ3n) is 2.29. The SMILES string of the molecule is CC(C)(C)NCCNCc1ccc(F)cc1F. The maximum atomic E-state index is 13.3. The summed E-state index contributed by atoms with van der Waals surface area (Å²) in [4.78, 5) is 0. The molecule has 0 fully saturated rings. The Balaban J connectivity index is 2.27. The van der Waals surface area contributed by atoms with Crippen molar-refractivity contribution in [2.45, 2.75) is 32.9 Å². The molecular weight excluding hydrogens is 222 g/mol. The third-order valence-corrected chi connectivity index (χ3v) is 2.29. The molecule has 17 heavy (non-hydrogen) atoms. The minimum absolute atomic E-state index is 0.0861. The zero-order valence-electron chi connectivity index (χ0n) is 10.6. The van der Waals surface area contributed by atoms with Gasteiger partial charge in [-0.15, -0.1) is 0 Å². The fourth-order valence-electron chi connectivity index (χ4n) is 1.41. The molecule has 0 amide bonds. The fraction of sp³-hybridized carbons (Fsp3) is 0.538. The average Bonchev–Trinajstić information content (AvgIpc) is 2.18. The molecule has 0 aliphatic rings. The van der Waals surface area contributed by atoms with Gasteiger partial charge >= 0.3 is 0 Å². The van der Waals surface area contributed by atoms with Crippen molar-refractivity contribution in [3.8, 4) is 0 Å². The van der Waals surface area contributed by atoms with Crippen molar-refractivity contribution in [2.24, 2.45) is 0 Å². The molecule has 0 aliphatic carbocycles. The van der Waals surface area contributed by atoms with Gasteiger partial charge in [0.25, 0.3) is 0 Å². The van der Waals surface area contributed by atoms with E-state index in [-0.39, 0.29) is 5.54 Å². The first-order chi connectivity index (χ1) is 7.88. The van der Waals surface area contributed by atoms with E-state index in [9.17, 15) is 8.78 Å². The molecule has 0 aliphatic heterocycles. The molecular formula is C13H20F2N2. The van der Waals surface area contributed by atoms with Crippen LogP contribution >= 0.6 is 0 Å². The van der Waals surface area contributed by atoms with Gasteiger partial charge in [-0.2, -0.15) is 0 Å². The maximum Gasteiger partial charge on any atom is 0.130 e. The molecule has 2 nitrogen and oxygen atoms in total. The minimum Gasteiger partial charge on any atom is -0.311 e. The van der Waals surface area contributed by atoms with Crippen LogP contribution in [-0.4, -0.2) is 18.6 Å². The minimum atomic E-state index is -0.541. The molecule has 0 atom stereocenters. The Morgan fingerprint density at radius 2 is 1.82 bits per heavy atom. The Kier molecular flexibility index (Phi) is 5.02. The fourth-order valence-corrected chi connectivity index (χ4v) is 1.41. The van der Waals surface area contributed by atoms with E-state index in [1.165, 1.54) is 12.1 Å². The van der Waals surface area contributed by atoms with Gasteiger partial charge < -0.3 is 10.6 Å². The molecule has 1 rings (SSSR count). The smallest absolute Gasteiger partial charge is 0.130 e. The highest BCUT2D eigenvalue weighted by atomic mass is 19.1. The summed E-state index contributed by atoms with van der Waals surface area (Å²) < 4.78 is 25.9. The van der Waals surface area contributed by atoms with Gasteiger partial charge in [0.05, 0.1) is 0 Å². The lowest BCUT2D eigenvalue weighted by Gasteiger charge is -2.20. The molecule has 0 saturated carbocycles. The first-order valence-corrected chi connectivity index (χ1v) is 5.78. The summed E-state index contributed by atoms with van der Waals surface area (Å²) in [6, 6.07) is 3.65. The number of nitrogens with one attached hydrogen (secondary N) is 2. The highest BCUT2D eigenvalue weighted by molar-refractivity contribution is 5.18. The molecule has 0 unspecified atom stereocenters. The van der Waals surface area contributed by atoms with Gasteiger partial charge in [0.15, 0.2) is 0 Å². The predicted molar refractivity (Wildman–Crippen MR) is 65.8 cm³/mol. The van der Waals surface area contributed by atoms with E-state index in [1.54, 1.807) is 0 Å². The molecule has 0 heterocycles. The Bertz CT molecular complexity index is 359. The van der Waals surface area contributed by atoms with Gasteiger partial charge in [0.2, 0.25) is 0 Å². The van der Waals surface area contributed by atoms with E-state index in [0.29, 0.717) is 12.1 Å². The summed E-state index contributed by atoms with van der Waals surface area (Å²) in [6.07, 6.45) is 0. The van der Waals surface area contributed by atoms with Gasteiger partial charge in [-0.05, 0) is 26.8 Å². The summed E-state index contributed by atoms with van der Waals surface area (Å²) in [5.41, 5.74) is 0.574. The second kappa shape index (κ2) is 6.07. The summed E-state index contributed by atoms with van der Waals surface area (Å²) in [5, 5.41) is 6.43. The Morgan fingerprint density at radius 1 is 1.12 bits per heavy atom. The molecule has 0 spiro atoms. The molecule has 2 N–H and O–H groups in total. The van der Waals surface area contributed by atoms with Crippen molar-refractivity contribution in [1.82, 2.24) is 10.6 Å². The van der Waals surface area contributed by atoms with Crippen LogP contribution in [0.5, 0.6) is 0 Å². The molecule has 1 aromatic rings. The van der Waals surface area contributed by atoms with Gasteiger partial charge in [-0.3, -0.25) is 0 Å². The predicted octanol–water partition coefficient (Wildman–Crippen LogP) is 2.44. The lowest BCUT2D eigenvalue weighted by atomic mass is 10.1. The molecule has 96 valence electrons. The number of benzene rings is 1. The Hall–Kier alpha value is -1.00. The quantitative estimate of drug-likeness (QED) is 0.775. The van der Waals surface area contributed by atoms with Crippen LogP contribution in [0.2, 0.25) is 0 Å². The Morgan fingerprint density at radius 3 is 2.41 bits per heavy atom. The van der Waals surface area contributed by atoms with Gasteiger partial charge in [0.1, 0.15) is 11.6 Å². The van der Waals surface area contributed by atoms with Crippen molar-refractivity contribution in [3.63, 3.8) is 0 Å². The number of rotatable bonds is 5. The number of hydrogen-bond donors (Lipinski definition) is 2. The standard InChI is InChI=1S/C13H20F2N2/c1-13(2,3)17-7-6-16-9-10-4-5-11(14)8-12(10)15/h4-5,8,16-17H,6-7,9H2,1-3H3. The largest absolute Gasteiger partial charge is 0.311 e. The molecule has 0 aromatic heterocycles. The van der Waals surface area contributed by atoms with Crippen LogP contribution in [0.3, 0.4) is 0 Å². The van der Waals surface area contributed by atoms with E-state index in [4.69, 9.17) is 0 Å². The van der Waals surface area contributed by atoms with Crippen molar-refractivity contribution >= 4 is 0 Å². The number of halogens is 2. The van der Waals surface area contributed by atoms with Crippen LogP contribution in [0.25, 0.3) is 0 Å². The highest BCUT2D eigenvalue weighted by Gasteiger charge is 2.07. The topological polar surface area (TPSA) is 24.1 Å². The van der Waals surface area contributed by atoms with Gasteiger partial charge in [-0.1, -0.05) is 6.07 Å². The Labute approximate surface area is 101 Å². The number of hydrogen-bond acceptors (Lipinski definition) is 2. The lowest BCUT2D eigenvalue weighted by molar-refractivity contribution is 0.420. The second-order valence-electron chi connectivity index (χ2n) is 5.09. The summed E-state index contributed by atoms with van der Waals surface area (Å²) >= 11 is 0. The molecule has 4 heteroatoms. The van der Waals surface area contributed by atoms with Crippen LogP contribution in [0.1, 0.15) is 26.3 Å². The summed E-state index contributed by atoms with van der Waals surface area (Å²) in [5.74, 6) is -1.04. The normalized spacial score (nSPS) is 11.8.